The van der Waals surface area contributed by atoms with Crippen molar-refractivity contribution in [1.82, 2.24) is 5.32 Å². The van der Waals surface area contributed by atoms with Crippen LogP contribution in [0, 0.1) is 0 Å². The number of rotatable bonds is 6. The van der Waals surface area contributed by atoms with Crippen molar-refractivity contribution >= 4 is 5.97 Å². The van der Waals surface area contributed by atoms with Gasteiger partial charge in [-0.25, -0.2) is 0 Å². The van der Waals surface area contributed by atoms with Crippen molar-refractivity contribution < 1.29 is 14.3 Å². The first kappa shape index (κ1) is 14.9. The zero-order chi connectivity index (χ0) is 13.6. The minimum Gasteiger partial charge on any atom is -0.474 e. The van der Waals surface area contributed by atoms with Crippen LogP contribution in [0.5, 0.6) is 0 Å². The standard InChI is InChI=1S/C14H25NO3/c1-14(2,3)18-13(11-7-5-8-11)15-10-6-9-12(16)17-4/h15H,5-10H2,1-4H3. The van der Waals surface area contributed by atoms with E-state index < -0.39 is 0 Å². The molecule has 4 nitrogen and oxygen atoms in total. The molecule has 0 radical (unpaired) electrons. The molecule has 4 heteroatoms. The molecule has 0 saturated heterocycles. The van der Waals surface area contributed by atoms with Gasteiger partial charge in [0.05, 0.1) is 7.11 Å². The zero-order valence-corrected chi connectivity index (χ0v) is 12.0. The minimum atomic E-state index is -0.187. The third kappa shape index (κ3) is 5.43. The molecular weight excluding hydrogens is 230 g/mol. The van der Waals surface area contributed by atoms with Gasteiger partial charge in [0.25, 0.3) is 0 Å². The van der Waals surface area contributed by atoms with Crippen molar-refractivity contribution in [1.29, 1.82) is 0 Å². The highest BCUT2D eigenvalue weighted by Gasteiger charge is 2.20. The summed E-state index contributed by atoms with van der Waals surface area (Å²) in [5.74, 6) is 0.755. The summed E-state index contributed by atoms with van der Waals surface area (Å²) < 4.78 is 10.5. The lowest BCUT2D eigenvalue weighted by molar-refractivity contribution is -0.140. The third-order valence-corrected chi connectivity index (χ3v) is 2.76. The molecule has 1 aliphatic carbocycles. The van der Waals surface area contributed by atoms with Gasteiger partial charge in [-0.2, -0.15) is 0 Å². The van der Waals surface area contributed by atoms with Gasteiger partial charge in [0, 0.05) is 13.0 Å². The number of carbonyl (C=O) groups excluding carboxylic acids is 1. The number of esters is 1. The second kappa shape index (κ2) is 6.66. The van der Waals surface area contributed by atoms with E-state index in [0.29, 0.717) is 6.42 Å². The van der Waals surface area contributed by atoms with Crippen molar-refractivity contribution in [3.8, 4) is 0 Å². The lowest BCUT2D eigenvalue weighted by atomic mass is 9.92. The van der Waals surface area contributed by atoms with E-state index >= 15 is 0 Å². The van der Waals surface area contributed by atoms with Crippen LogP contribution in [-0.2, 0) is 14.3 Å². The van der Waals surface area contributed by atoms with Crippen molar-refractivity contribution in [2.45, 2.75) is 58.5 Å². The van der Waals surface area contributed by atoms with Gasteiger partial charge in [0.15, 0.2) is 5.88 Å². The first-order chi connectivity index (χ1) is 8.42. The molecule has 0 bridgehead atoms. The molecule has 1 aliphatic rings. The summed E-state index contributed by atoms with van der Waals surface area (Å²) in [7, 11) is 1.42. The summed E-state index contributed by atoms with van der Waals surface area (Å²) in [6.07, 6.45) is 4.69. The topological polar surface area (TPSA) is 47.6 Å². The summed E-state index contributed by atoms with van der Waals surface area (Å²) in [6, 6.07) is 0. The van der Waals surface area contributed by atoms with Crippen LogP contribution in [-0.4, -0.2) is 25.2 Å². The summed E-state index contributed by atoms with van der Waals surface area (Å²) in [6.45, 7) is 6.87. The summed E-state index contributed by atoms with van der Waals surface area (Å²) in [5, 5.41) is 3.31. The Morgan fingerprint density at radius 2 is 2.00 bits per heavy atom. The molecule has 0 aromatic rings. The van der Waals surface area contributed by atoms with Crippen molar-refractivity contribution in [3.63, 3.8) is 0 Å². The molecule has 104 valence electrons. The van der Waals surface area contributed by atoms with Gasteiger partial charge in [0.2, 0.25) is 0 Å². The van der Waals surface area contributed by atoms with Gasteiger partial charge in [-0.1, -0.05) is 0 Å². The van der Waals surface area contributed by atoms with Crippen molar-refractivity contribution in [3.05, 3.63) is 11.5 Å². The zero-order valence-electron chi connectivity index (χ0n) is 12.0. The number of methoxy groups -OCH3 is 1. The van der Waals surface area contributed by atoms with E-state index in [1.807, 2.05) is 20.8 Å². The molecule has 0 unspecified atom stereocenters. The summed E-state index contributed by atoms with van der Waals surface area (Å²) >= 11 is 0. The fourth-order valence-corrected chi connectivity index (χ4v) is 1.66. The first-order valence-electron chi connectivity index (χ1n) is 6.64. The minimum absolute atomic E-state index is 0.161. The quantitative estimate of drug-likeness (QED) is 0.450. The van der Waals surface area contributed by atoms with E-state index in [0.717, 1.165) is 31.7 Å². The molecule has 0 spiro atoms. The van der Waals surface area contributed by atoms with E-state index in [4.69, 9.17) is 4.74 Å². The van der Waals surface area contributed by atoms with Crippen LogP contribution in [0.25, 0.3) is 0 Å². The number of nitrogens with one attached hydrogen (secondary N) is 1. The Morgan fingerprint density at radius 1 is 1.33 bits per heavy atom. The Bertz CT molecular complexity index is 309. The van der Waals surface area contributed by atoms with Gasteiger partial charge in [0.1, 0.15) is 5.60 Å². The van der Waals surface area contributed by atoms with Crippen LogP contribution >= 0.6 is 0 Å². The normalized spacial score (nSPS) is 14.8. The van der Waals surface area contributed by atoms with Gasteiger partial charge < -0.3 is 14.8 Å². The lowest BCUT2D eigenvalue weighted by Gasteiger charge is -2.29. The maximum atomic E-state index is 11.0. The van der Waals surface area contributed by atoms with E-state index in [1.54, 1.807) is 0 Å². The molecule has 18 heavy (non-hydrogen) atoms. The Balaban J connectivity index is 2.37. The molecule has 0 amide bonds. The molecule has 0 atom stereocenters. The van der Waals surface area contributed by atoms with E-state index in [2.05, 4.69) is 10.1 Å². The van der Waals surface area contributed by atoms with Crippen LogP contribution < -0.4 is 5.32 Å². The maximum absolute atomic E-state index is 11.0. The van der Waals surface area contributed by atoms with Crippen molar-refractivity contribution in [2.75, 3.05) is 13.7 Å². The van der Waals surface area contributed by atoms with E-state index in [-0.39, 0.29) is 11.6 Å². The first-order valence-corrected chi connectivity index (χ1v) is 6.64. The van der Waals surface area contributed by atoms with Crippen molar-refractivity contribution in [2.24, 2.45) is 0 Å². The summed E-state index contributed by atoms with van der Waals surface area (Å²) in [4.78, 5) is 11.0. The number of allylic oxidation sites excluding steroid dienone is 1. The smallest absolute Gasteiger partial charge is 0.305 e. The average molecular weight is 255 g/mol. The predicted molar refractivity (Wildman–Crippen MR) is 71.0 cm³/mol. The number of hydrogen-bond donors (Lipinski definition) is 1. The Morgan fingerprint density at radius 3 is 2.44 bits per heavy atom. The maximum Gasteiger partial charge on any atom is 0.305 e. The van der Waals surface area contributed by atoms with Gasteiger partial charge in [-0.15, -0.1) is 0 Å². The van der Waals surface area contributed by atoms with E-state index in [9.17, 15) is 4.79 Å². The molecule has 0 aromatic carbocycles. The molecule has 1 rings (SSSR count). The largest absolute Gasteiger partial charge is 0.474 e. The fourth-order valence-electron chi connectivity index (χ4n) is 1.66. The number of carbonyl (C=O) groups is 1. The van der Waals surface area contributed by atoms with E-state index in [1.165, 1.54) is 19.1 Å². The molecule has 1 fully saturated rings. The molecule has 1 saturated carbocycles. The Hall–Kier alpha value is -1.19. The van der Waals surface area contributed by atoms with Crippen LogP contribution in [0.4, 0.5) is 0 Å². The molecule has 0 aromatic heterocycles. The average Bonchev–Trinajstić information content (AvgIpc) is 2.19. The number of hydrogen-bond acceptors (Lipinski definition) is 4. The highest BCUT2D eigenvalue weighted by molar-refractivity contribution is 5.69. The van der Waals surface area contributed by atoms with Gasteiger partial charge >= 0.3 is 5.97 Å². The van der Waals surface area contributed by atoms with Crippen LogP contribution in [0.15, 0.2) is 11.5 Å². The second-order valence-electron chi connectivity index (χ2n) is 5.61. The SMILES string of the molecule is COC(=O)CCCNC(OC(C)(C)C)=C1CCC1. The van der Waals surface area contributed by atoms with Crippen LogP contribution in [0.2, 0.25) is 0 Å². The predicted octanol–water partition coefficient (Wildman–Crippen LogP) is 2.74. The number of ether oxygens (including phenoxy) is 2. The third-order valence-electron chi connectivity index (χ3n) is 2.76. The molecule has 0 heterocycles. The highest BCUT2D eigenvalue weighted by atomic mass is 16.5. The highest BCUT2D eigenvalue weighted by Crippen LogP contribution is 2.30. The second-order valence-corrected chi connectivity index (χ2v) is 5.61. The summed E-state index contributed by atoms with van der Waals surface area (Å²) in [5.41, 5.74) is 1.18. The van der Waals surface area contributed by atoms with Crippen LogP contribution in [0.1, 0.15) is 52.9 Å². The Kier molecular flexibility index (Phi) is 5.51. The van der Waals surface area contributed by atoms with Gasteiger partial charge in [-0.3, -0.25) is 4.79 Å². The van der Waals surface area contributed by atoms with Crippen LogP contribution in [0.3, 0.4) is 0 Å². The lowest BCUT2D eigenvalue weighted by Crippen LogP contribution is -2.29. The molecular formula is C14H25NO3. The monoisotopic (exact) mass is 255 g/mol. The van der Waals surface area contributed by atoms with Gasteiger partial charge in [-0.05, 0) is 52.0 Å². The molecule has 0 aliphatic heterocycles. The fraction of sp³-hybridized carbons (Fsp3) is 0.786. The molecule has 1 N–H and O–H groups in total. The Labute approximate surface area is 110 Å².